The number of nitrogens with one attached hydrogen (secondary N) is 2. The Kier molecular flexibility index (Phi) is 6.81. The van der Waals surface area contributed by atoms with Crippen molar-refractivity contribution in [2.24, 2.45) is 11.5 Å². The van der Waals surface area contributed by atoms with Crippen LogP contribution >= 0.6 is 0 Å². The standard InChI is InChI=1S/C19H23F3N6O3/c20-19(21,22)13-10-11(31-9-1-6-28-7-4-25-5-8-28)2-3-12(13)18-26-14(16(23)29)15(27-18)17(24)30/h2-3,10,25H,1,4-9H2,(H2,23,29)(H2,24,30)(H,26,27). The van der Waals surface area contributed by atoms with Gasteiger partial charge in [-0.2, -0.15) is 13.2 Å². The summed E-state index contributed by atoms with van der Waals surface area (Å²) in [5.74, 6) is -2.45. The van der Waals surface area contributed by atoms with Gasteiger partial charge in [-0.3, -0.25) is 9.59 Å². The predicted molar refractivity (Wildman–Crippen MR) is 105 cm³/mol. The zero-order valence-electron chi connectivity index (χ0n) is 16.6. The first kappa shape index (κ1) is 22.6. The smallest absolute Gasteiger partial charge is 0.417 e. The summed E-state index contributed by atoms with van der Waals surface area (Å²) in [5.41, 5.74) is 7.90. The quantitative estimate of drug-likeness (QED) is 0.451. The van der Waals surface area contributed by atoms with Gasteiger partial charge in [0.05, 0.1) is 12.2 Å². The fourth-order valence-electron chi connectivity index (χ4n) is 3.32. The Bertz CT molecular complexity index is 922. The van der Waals surface area contributed by atoms with Gasteiger partial charge in [0.2, 0.25) is 0 Å². The van der Waals surface area contributed by atoms with Crippen molar-refractivity contribution in [3.05, 3.63) is 35.2 Å². The third kappa shape index (κ3) is 5.52. The van der Waals surface area contributed by atoms with Crippen LogP contribution in [0.5, 0.6) is 5.75 Å². The van der Waals surface area contributed by atoms with E-state index in [0.29, 0.717) is 6.42 Å². The van der Waals surface area contributed by atoms with E-state index < -0.39 is 34.9 Å². The number of aromatic nitrogens is 2. The number of nitrogens with zero attached hydrogens (tertiary/aromatic N) is 2. The number of H-pyrrole nitrogens is 1. The van der Waals surface area contributed by atoms with Gasteiger partial charge in [-0.05, 0) is 24.6 Å². The monoisotopic (exact) mass is 440 g/mol. The number of imidazole rings is 1. The van der Waals surface area contributed by atoms with E-state index in [0.717, 1.165) is 44.9 Å². The molecule has 3 rings (SSSR count). The van der Waals surface area contributed by atoms with Gasteiger partial charge in [0.15, 0.2) is 5.69 Å². The average Bonchev–Trinajstić information content (AvgIpc) is 3.17. The second kappa shape index (κ2) is 9.35. The van der Waals surface area contributed by atoms with Crippen molar-refractivity contribution in [2.45, 2.75) is 12.6 Å². The molecule has 2 heterocycles. The van der Waals surface area contributed by atoms with Gasteiger partial charge >= 0.3 is 6.18 Å². The Labute approximate surface area is 175 Å². The molecular formula is C19H23F3N6O3. The summed E-state index contributed by atoms with van der Waals surface area (Å²) in [5, 5.41) is 3.25. The minimum atomic E-state index is -4.73. The van der Waals surface area contributed by atoms with E-state index in [4.69, 9.17) is 16.2 Å². The number of halogens is 3. The first-order valence-electron chi connectivity index (χ1n) is 9.64. The van der Waals surface area contributed by atoms with Crippen molar-refractivity contribution in [3.63, 3.8) is 0 Å². The molecule has 0 spiro atoms. The molecule has 0 atom stereocenters. The van der Waals surface area contributed by atoms with E-state index >= 15 is 0 Å². The molecule has 6 N–H and O–H groups in total. The Balaban J connectivity index is 1.78. The van der Waals surface area contributed by atoms with Crippen molar-refractivity contribution in [1.82, 2.24) is 20.2 Å². The molecule has 31 heavy (non-hydrogen) atoms. The van der Waals surface area contributed by atoms with Crippen LogP contribution in [0.4, 0.5) is 13.2 Å². The highest BCUT2D eigenvalue weighted by molar-refractivity contribution is 6.04. The number of hydrogen-bond acceptors (Lipinski definition) is 6. The summed E-state index contributed by atoms with van der Waals surface area (Å²) in [4.78, 5) is 31.3. The van der Waals surface area contributed by atoms with Crippen LogP contribution in [0, 0.1) is 0 Å². The van der Waals surface area contributed by atoms with Gasteiger partial charge in [-0.1, -0.05) is 0 Å². The molecule has 1 aromatic carbocycles. The molecule has 9 nitrogen and oxygen atoms in total. The van der Waals surface area contributed by atoms with Crippen LogP contribution in [0.2, 0.25) is 0 Å². The fraction of sp³-hybridized carbons (Fsp3) is 0.421. The molecule has 1 saturated heterocycles. The van der Waals surface area contributed by atoms with Crippen LogP contribution in [-0.4, -0.2) is 66.0 Å². The highest BCUT2D eigenvalue weighted by Gasteiger charge is 2.35. The predicted octanol–water partition coefficient (Wildman–Crippen LogP) is 0.967. The molecule has 168 valence electrons. The molecule has 2 aromatic rings. The van der Waals surface area contributed by atoms with Gasteiger partial charge in [-0.25, -0.2) is 4.98 Å². The zero-order valence-corrected chi connectivity index (χ0v) is 16.6. The number of hydrogen-bond donors (Lipinski definition) is 4. The first-order chi connectivity index (χ1) is 14.7. The molecule has 0 radical (unpaired) electrons. The maximum atomic E-state index is 13.7. The summed E-state index contributed by atoms with van der Waals surface area (Å²) in [6, 6.07) is 3.38. The lowest BCUT2D eigenvalue weighted by atomic mass is 10.1. The fourth-order valence-corrected chi connectivity index (χ4v) is 3.32. The molecular weight excluding hydrogens is 417 g/mol. The molecule has 1 fully saturated rings. The number of ether oxygens (including phenoxy) is 1. The molecule has 12 heteroatoms. The van der Waals surface area contributed by atoms with Crippen LogP contribution in [0.15, 0.2) is 18.2 Å². The Morgan fingerprint density at radius 1 is 1.16 bits per heavy atom. The lowest BCUT2D eigenvalue weighted by Gasteiger charge is -2.27. The summed E-state index contributed by atoms with van der Waals surface area (Å²) in [7, 11) is 0. The Hall–Kier alpha value is -3.12. The van der Waals surface area contributed by atoms with E-state index in [2.05, 4.69) is 20.2 Å². The topological polar surface area (TPSA) is 139 Å². The molecule has 1 aliphatic rings. The number of aromatic amines is 1. The van der Waals surface area contributed by atoms with Gasteiger partial charge in [0, 0.05) is 38.3 Å². The maximum Gasteiger partial charge on any atom is 0.417 e. The first-order valence-corrected chi connectivity index (χ1v) is 9.64. The van der Waals surface area contributed by atoms with Crippen molar-refractivity contribution in [2.75, 3.05) is 39.3 Å². The molecule has 0 unspecified atom stereocenters. The maximum absolute atomic E-state index is 13.7. The molecule has 1 aliphatic heterocycles. The molecule has 0 aliphatic carbocycles. The minimum absolute atomic E-state index is 0.0493. The number of nitrogens with two attached hydrogens (primary N) is 2. The van der Waals surface area contributed by atoms with E-state index in [1.165, 1.54) is 6.07 Å². The number of carbonyl (C=O) groups excluding carboxylic acids is 2. The van der Waals surface area contributed by atoms with E-state index in [1.54, 1.807) is 0 Å². The third-order valence-electron chi connectivity index (χ3n) is 4.83. The van der Waals surface area contributed by atoms with Gasteiger partial charge < -0.3 is 31.4 Å². The van der Waals surface area contributed by atoms with Crippen LogP contribution in [0.1, 0.15) is 33.0 Å². The van der Waals surface area contributed by atoms with E-state index in [1.807, 2.05) is 0 Å². The summed E-state index contributed by atoms with van der Waals surface area (Å²) in [6.45, 7) is 4.74. The highest BCUT2D eigenvalue weighted by Crippen LogP contribution is 2.38. The lowest BCUT2D eigenvalue weighted by Crippen LogP contribution is -2.43. The van der Waals surface area contributed by atoms with E-state index in [9.17, 15) is 22.8 Å². The Morgan fingerprint density at radius 2 is 1.87 bits per heavy atom. The summed E-state index contributed by atoms with van der Waals surface area (Å²) in [6.07, 6.45) is -4.06. The van der Waals surface area contributed by atoms with Gasteiger partial charge in [0.1, 0.15) is 17.3 Å². The second-order valence-electron chi connectivity index (χ2n) is 7.04. The van der Waals surface area contributed by atoms with Crippen LogP contribution in [0.3, 0.4) is 0 Å². The molecule has 0 bridgehead atoms. The Morgan fingerprint density at radius 3 is 2.45 bits per heavy atom. The number of rotatable bonds is 8. The van der Waals surface area contributed by atoms with E-state index in [-0.39, 0.29) is 23.7 Å². The lowest BCUT2D eigenvalue weighted by molar-refractivity contribution is -0.137. The number of carbonyl (C=O) groups is 2. The SMILES string of the molecule is NC(=O)c1nc(-c2ccc(OCCCN3CCNCC3)cc2C(F)(F)F)[nH]c1C(N)=O. The van der Waals surface area contributed by atoms with Crippen molar-refractivity contribution in [3.8, 4) is 17.1 Å². The second-order valence-corrected chi connectivity index (χ2v) is 7.04. The van der Waals surface area contributed by atoms with Crippen molar-refractivity contribution < 1.29 is 27.5 Å². The molecule has 1 aromatic heterocycles. The van der Waals surface area contributed by atoms with Crippen molar-refractivity contribution >= 4 is 11.8 Å². The molecule has 0 saturated carbocycles. The minimum Gasteiger partial charge on any atom is -0.494 e. The average molecular weight is 440 g/mol. The van der Waals surface area contributed by atoms with Crippen LogP contribution in [-0.2, 0) is 6.18 Å². The van der Waals surface area contributed by atoms with Crippen molar-refractivity contribution in [1.29, 1.82) is 0 Å². The largest absolute Gasteiger partial charge is 0.494 e. The highest BCUT2D eigenvalue weighted by atomic mass is 19.4. The summed E-state index contributed by atoms with van der Waals surface area (Å²) < 4.78 is 46.5. The number of primary amides is 2. The summed E-state index contributed by atoms with van der Waals surface area (Å²) >= 11 is 0. The van der Waals surface area contributed by atoms with Crippen LogP contribution < -0.4 is 21.5 Å². The number of benzene rings is 1. The number of amides is 2. The zero-order chi connectivity index (χ0) is 22.6. The normalized spacial score (nSPS) is 15.1. The number of alkyl halides is 3. The van der Waals surface area contributed by atoms with Gasteiger partial charge in [0.25, 0.3) is 11.8 Å². The number of piperazine rings is 1. The molecule has 2 amide bonds. The van der Waals surface area contributed by atoms with Gasteiger partial charge in [-0.15, -0.1) is 0 Å². The third-order valence-corrected chi connectivity index (χ3v) is 4.83. The van der Waals surface area contributed by atoms with Crippen LogP contribution in [0.25, 0.3) is 11.4 Å².